The minimum absolute atomic E-state index is 0.0243. The molecule has 0 aliphatic heterocycles. The summed E-state index contributed by atoms with van der Waals surface area (Å²) in [5.41, 5.74) is 2.87. The standard InChI is InChI=1S/C14H10BrFN2O2/c15-12-6-2-4-10(13(12)19)8-17-18-14(20)9-3-1-5-11(16)7-9/h1-8,19H,(H,18,20)/b17-8-. The van der Waals surface area contributed by atoms with Crippen LogP contribution >= 0.6 is 15.9 Å². The first-order valence-electron chi connectivity index (χ1n) is 5.64. The molecule has 102 valence electrons. The molecule has 1 amide bonds. The van der Waals surface area contributed by atoms with Crippen LogP contribution in [0.1, 0.15) is 15.9 Å². The first-order chi connectivity index (χ1) is 9.58. The van der Waals surface area contributed by atoms with Gasteiger partial charge in [-0.15, -0.1) is 0 Å². The van der Waals surface area contributed by atoms with Crippen molar-refractivity contribution in [3.05, 3.63) is 63.9 Å². The smallest absolute Gasteiger partial charge is 0.271 e. The lowest BCUT2D eigenvalue weighted by molar-refractivity contribution is 0.0954. The fourth-order valence-electron chi connectivity index (χ4n) is 1.49. The summed E-state index contributed by atoms with van der Waals surface area (Å²) in [7, 11) is 0. The summed E-state index contributed by atoms with van der Waals surface area (Å²) in [6.07, 6.45) is 1.30. The zero-order chi connectivity index (χ0) is 14.5. The van der Waals surface area contributed by atoms with Gasteiger partial charge in [0, 0.05) is 11.1 Å². The van der Waals surface area contributed by atoms with Crippen LogP contribution in [-0.2, 0) is 0 Å². The highest BCUT2D eigenvalue weighted by molar-refractivity contribution is 9.10. The maximum absolute atomic E-state index is 13.0. The molecule has 0 spiro atoms. The number of para-hydroxylation sites is 1. The van der Waals surface area contributed by atoms with Crippen molar-refractivity contribution in [2.75, 3.05) is 0 Å². The van der Waals surface area contributed by atoms with E-state index < -0.39 is 11.7 Å². The molecule has 20 heavy (non-hydrogen) atoms. The summed E-state index contributed by atoms with van der Waals surface area (Å²) in [6, 6.07) is 10.3. The molecule has 0 radical (unpaired) electrons. The summed E-state index contributed by atoms with van der Waals surface area (Å²) in [5, 5.41) is 13.4. The maximum atomic E-state index is 13.0. The average Bonchev–Trinajstić information content (AvgIpc) is 2.43. The van der Waals surface area contributed by atoms with Gasteiger partial charge in [0.05, 0.1) is 10.7 Å². The lowest BCUT2D eigenvalue weighted by atomic mass is 10.2. The van der Waals surface area contributed by atoms with Gasteiger partial charge in [-0.05, 0) is 46.3 Å². The van der Waals surface area contributed by atoms with Gasteiger partial charge in [0.2, 0.25) is 0 Å². The number of hydrazone groups is 1. The first-order valence-corrected chi connectivity index (χ1v) is 6.43. The number of carbonyl (C=O) groups excluding carboxylic acids is 1. The summed E-state index contributed by atoms with van der Waals surface area (Å²) in [6.45, 7) is 0. The third-order valence-electron chi connectivity index (χ3n) is 2.47. The van der Waals surface area contributed by atoms with Gasteiger partial charge in [0.15, 0.2) is 0 Å². The van der Waals surface area contributed by atoms with E-state index in [9.17, 15) is 14.3 Å². The Morgan fingerprint density at radius 2 is 2.05 bits per heavy atom. The van der Waals surface area contributed by atoms with Crippen molar-refractivity contribution >= 4 is 28.1 Å². The Morgan fingerprint density at radius 1 is 1.30 bits per heavy atom. The van der Waals surface area contributed by atoms with Gasteiger partial charge in [-0.2, -0.15) is 5.10 Å². The van der Waals surface area contributed by atoms with Gasteiger partial charge < -0.3 is 5.11 Å². The number of amides is 1. The zero-order valence-electron chi connectivity index (χ0n) is 10.2. The van der Waals surface area contributed by atoms with Crippen LogP contribution in [0.3, 0.4) is 0 Å². The predicted molar refractivity (Wildman–Crippen MR) is 77.3 cm³/mol. The molecule has 0 saturated heterocycles. The second-order valence-corrected chi connectivity index (χ2v) is 4.74. The van der Waals surface area contributed by atoms with Crippen molar-refractivity contribution in [3.63, 3.8) is 0 Å². The van der Waals surface area contributed by atoms with Gasteiger partial charge in [-0.1, -0.05) is 12.1 Å². The average molecular weight is 337 g/mol. The fourth-order valence-corrected chi connectivity index (χ4v) is 1.87. The number of nitrogens with zero attached hydrogens (tertiary/aromatic N) is 1. The number of phenols is 1. The topological polar surface area (TPSA) is 61.7 Å². The van der Waals surface area contributed by atoms with E-state index >= 15 is 0 Å². The molecule has 0 unspecified atom stereocenters. The Hall–Kier alpha value is -2.21. The Labute approximate surface area is 123 Å². The summed E-state index contributed by atoms with van der Waals surface area (Å²) in [4.78, 5) is 11.7. The monoisotopic (exact) mass is 336 g/mol. The van der Waals surface area contributed by atoms with Crippen LogP contribution in [0.5, 0.6) is 5.75 Å². The number of hydrogen-bond acceptors (Lipinski definition) is 3. The molecule has 2 rings (SSSR count). The van der Waals surface area contributed by atoms with Gasteiger partial charge in [0.25, 0.3) is 5.91 Å². The second-order valence-electron chi connectivity index (χ2n) is 3.89. The van der Waals surface area contributed by atoms with E-state index in [1.54, 1.807) is 18.2 Å². The third-order valence-corrected chi connectivity index (χ3v) is 3.11. The van der Waals surface area contributed by atoms with E-state index in [1.165, 1.54) is 24.4 Å². The Bertz CT molecular complexity index is 674. The number of halogens is 2. The Kier molecular flexibility index (Phi) is 4.47. The highest BCUT2D eigenvalue weighted by Crippen LogP contribution is 2.25. The van der Waals surface area contributed by atoms with E-state index in [1.807, 2.05) is 0 Å². The van der Waals surface area contributed by atoms with Crippen LogP contribution in [0, 0.1) is 5.82 Å². The summed E-state index contributed by atoms with van der Waals surface area (Å²) in [5.74, 6) is -1.00. The number of nitrogens with one attached hydrogen (secondary N) is 1. The molecule has 0 saturated carbocycles. The lowest BCUT2D eigenvalue weighted by Crippen LogP contribution is -2.17. The number of aromatic hydroxyl groups is 1. The third kappa shape index (κ3) is 3.42. The fraction of sp³-hybridized carbons (Fsp3) is 0. The van der Waals surface area contributed by atoms with Crippen molar-refractivity contribution in [1.82, 2.24) is 5.43 Å². The minimum atomic E-state index is -0.532. The van der Waals surface area contributed by atoms with Crippen LogP contribution < -0.4 is 5.43 Å². The molecule has 6 heteroatoms. The zero-order valence-corrected chi connectivity index (χ0v) is 11.8. The predicted octanol–water partition coefficient (Wildman–Crippen LogP) is 3.06. The summed E-state index contributed by atoms with van der Waals surface area (Å²) >= 11 is 3.17. The molecule has 0 atom stereocenters. The van der Waals surface area contributed by atoms with E-state index in [4.69, 9.17) is 0 Å². The lowest BCUT2D eigenvalue weighted by Gasteiger charge is -2.01. The molecular weight excluding hydrogens is 327 g/mol. The van der Waals surface area contributed by atoms with Gasteiger partial charge in [0.1, 0.15) is 11.6 Å². The molecule has 2 N–H and O–H groups in total. The van der Waals surface area contributed by atoms with Crippen molar-refractivity contribution in [2.24, 2.45) is 5.10 Å². The molecule has 0 bridgehead atoms. The van der Waals surface area contributed by atoms with Crippen LogP contribution in [0.15, 0.2) is 52.0 Å². The second kappa shape index (κ2) is 6.29. The van der Waals surface area contributed by atoms with Crippen molar-refractivity contribution < 1.29 is 14.3 Å². The van der Waals surface area contributed by atoms with Crippen molar-refractivity contribution in [3.8, 4) is 5.75 Å². The Morgan fingerprint density at radius 3 is 2.80 bits per heavy atom. The number of carbonyl (C=O) groups is 1. The van der Waals surface area contributed by atoms with E-state index in [2.05, 4.69) is 26.5 Å². The highest BCUT2D eigenvalue weighted by atomic mass is 79.9. The molecule has 0 aromatic heterocycles. The Balaban J connectivity index is 2.07. The van der Waals surface area contributed by atoms with E-state index in [0.29, 0.717) is 10.0 Å². The quantitative estimate of drug-likeness (QED) is 0.668. The molecule has 2 aromatic rings. The van der Waals surface area contributed by atoms with E-state index in [-0.39, 0.29) is 11.3 Å². The van der Waals surface area contributed by atoms with Crippen LogP contribution in [0.25, 0.3) is 0 Å². The largest absolute Gasteiger partial charge is 0.506 e. The SMILES string of the molecule is O=C(N/N=C\c1cccc(Br)c1O)c1cccc(F)c1. The summed E-state index contributed by atoms with van der Waals surface area (Å²) < 4.78 is 13.5. The highest BCUT2D eigenvalue weighted by Gasteiger charge is 2.05. The number of hydrogen-bond donors (Lipinski definition) is 2. The molecule has 2 aromatic carbocycles. The van der Waals surface area contributed by atoms with Gasteiger partial charge >= 0.3 is 0 Å². The molecule has 0 aliphatic carbocycles. The molecule has 4 nitrogen and oxygen atoms in total. The van der Waals surface area contributed by atoms with Crippen LogP contribution in [0.2, 0.25) is 0 Å². The maximum Gasteiger partial charge on any atom is 0.271 e. The first kappa shape index (κ1) is 14.2. The normalized spacial score (nSPS) is 10.7. The number of phenolic OH excluding ortho intramolecular Hbond substituents is 1. The van der Waals surface area contributed by atoms with E-state index in [0.717, 1.165) is 6.07 Å². The molecule has 0 aliphatic rings. The molecule has 0 fully saturated rings. The van der Waals surface area contributed by atoms with Crippen molar-refractivity contribution in [1.29, 1.82) is 0 Å². The number of benzene rings is 2. The molecular formula is C14H10BrFN2O2. The molecule has 0 heterocycles. The van der Waals surface area contributed by atoms with Gasteiger partial charge in [-0.3, -0.25) is 4.79 Å². The minimum Gasteiger partial charge on any atom is -0.506 e. The number of rotatable bonds is 3. The van der Waals surface area contributed by atoms with Crippen molar-refractivity contribution in [2.45, 2.75) is 0 Å². The van der Waals surface area contributed by atoms with Crippen LogP contribution in [-0.4, -0.2) is 17.2 Å². The van der Waals surface area contributed by atoms with Gasteiger partial charge in [-0.25, -0.2) is 9.82 Å². The van der Waals surface area contributed by atoms with Crippen LogP contribution in [0.4, 0.5) is 4.39 Å².